The Balaban J connectivity index is 1.07. The van der Waals surface area contributed by atoms with E-state index in [2.05, 4.69) is 174 Å². The van der Waals surface area contributed by atoms with Gasteiger partial charge in [-0.1, -0.05) is 170 Å². The Bertz CT molecular complexity index is 3520. The van der Waals surface area contributed by atoms with E-state index in [4.69, 9.17) is 10.4 Å². The van der Waals surface area contributed by atoms with E-state index in [0.717, 1.165) is 44.1 Å². The summed E-state index contributed by atoms with van der Waals surface area (Å²) in [6.07, 6.45) is 0. The largest absolute Gasteiger partial charge is 0.309 e. The number of amidine groups is 2. The summed E-state index contributed by atoms with van der Waals surface area (Å²) in [7, 11) is 0. The van der Waals surface area contributed by atoms with Gasteiger partial charge in [-0.05, 0) is 102 Å². The van der Waals surface area contributed by atoms with Crippen molar-refractivity contribution >= 4 is 83.3 Å². The fraction of sp³-hybridized carbons (Fsp3) is 0. The molecule has 0 unspecified atom stereocenters. The van der Waals surface area contributed by atoms with Gasteiger partial charge in [0.2, 0.25) is 0 Å². The first-order chi connectivity index (χ1) is 29.1. The molecule has 0 saturated heterocycles. The van der Waals surface area contributed by atoms with Crippen LogP contribution in [0.2, 0.25) is 0 Å². The van der Waals surface area contributed by atoms with Gasteiger partial charge in [0.05, 0.1) is 11.0 Å². The lowest BCUT2D eigenvalue weighted by atomic mass is 9.88. The number of benzene rings is 10. The van der Waals surface area contributed by atoms with Gasteiger partial charge in [0.1, 0.15) is 0 Å². The molecule has 0 fully saturated rings. The zero-order chi connectivity index (χ0) is 39.5. The van der Waals surface area contributed by atoms with E-state index in [-0.39, 0.29) is 5.84 Å². The second-order valence-electron chi connectivity index (χ2n) is 15.0. The number of aromatic nitrogens is 1. The van der Waals surface area contributed by atoms with E-state index < -0.39 is 0 Å². The van der Waals surface area contributed by atoms with Crippen LogP contribution in [0.1, 0.15) is 11.1 Å². The average molecular weight is 753 g/mol. The molecule has 0 aliphatic carbocycles. The van der Waals surface area contributed by atoms with Crippen LogP contribution in [-0.4, -0.2) is 23.0 Å². The molecule has 0 amide bonds. The standard InChI is InChI=1S/C55H36N4/c1-57-55(58-54(56)38-24-22-37(23-25-38)35-12-3-2-4-13-35)41-28-31-49-50(33-41)45-17-8-7-16-44(45)48-20-11-19-43(53(48)49)40-27-30-47-46-18-9-10-21-51(46)59(52(47)34-40)42-29-26-36-14-5-6-15-39(36)32-42/h2-34,56H,1H2. The first kappa shape index (κ1) is 34.3. The molecule has 1 heterocycles. The lowest BCUT2D eigenvalue weighted by Gasteiger charge is -2.16. The molecule has 0 bridgehead atoms. The maximum atomic E-state index is 8.93. The Morgan fingerprint density at radius 1 is 0.424 bits per heavy atom. The summed E-state index contributed by atoms with van der Waals surface area (Å²) in [5.41, 5.74) is 9.54. The maximum Gasteiger partial charge on any atom is 0.161 e. The molecular formula is C55H36N4. The van der Waals surface area contributed by atoms with Crippen LogP contribution in [0, 0.1) is 5.41 Å². The molecule has 4 nitrogen and oxygen atoms in total. The topological polar surface area (TPSA) is 53.5 Å². The summed E-state index contributed by atoms with van der Waals surface area (Å²) >= 11 is 0. The van der Waals surface area contributed by atoms with Crippen LogP contribution in [0.25, 0.3) is 92.8 Å². The third-order valence-electron chi connectivity index (χ3n) is 11.7. The highest BCUT2D eigenvalue weighted by Gasteiger charge is 2.18. The lowest BCUT2D eigenvalue weighted by Crippen LogP contribution is -2.04. The minimum atomic E-state index is 0.134. The quantitative estimate of drug-likeness (QED) is 0.103. The highest BCUT2D eigenvalue weighted by atomic mass is 15.0. The lowest BCUT2D eigenvalue weighted by molar-refractivity contribution is 1.19. The number of rotatable bonds is 5. The van der Waals surface area contributed by atoms with Crippen LogP contribution in [0.15, 0.2) is 210 Å². The van der Waals surface area contributed by atoms with Gasteiger partial charge in [-0.25, -0.2) is 9.98 Å². The molecule has 276 valence electrons. The normalized spacial score (nSPS) is 12.0. The number of nitrogens with one attached hydrogen (secondary N) is 1. The molecule has 4 heteroatoms. The summed E-state index contributed by atoms with van der Waals surface area (Å²) in [5, 5.41) is 20.8. The molecule has 1 aromatic heterocycles. The number of fused-ring (bicyclic) bond motifs is 10. The van der Waals surface area contributed by atoms with Crippen LogP contribution in [-0.2, 0) is 0 Å². The van der Waals surface area contributed by atoms with Crippen molar-refractivity contribution in [3.8, 4) is 27.9 Å². The van der Waals surface area contributed by atoms with Gasteiger partial charge in [0, 0.05) is 27.6 Å². The van der Waals surface area contributed by atoms with Crippen molar-refractivity contribution in [2.45, 2.75) is 0 Å². The SMILES string of the molecule is C=NC(=NC(=N)c1ccc(-c2ccccc2)cc1)c1ccc2c(c1)c1ccccc1c1cccc(-c3ccc4c5ccccc5n(-c5ccc6ccccc6c5)c4c3)c12. The van der Waals surface area contributed by atoms with Crippen LogP contribution in [0.5, 0.6) is 0 Å². The molecule has 11 rings (SSSR count). The molecule has 1 N–H and O–H groups in total. The van der Waals surface area contributed by atoms with Crippen molar-refractivity contribution in [1.29, 1.82) is 5.41 Å². The fourth-order valence-corrected chi connectivity index (χ4v) is 8.93. The molecule has 0 spiro atoms. The van der Waals surface area contributed by atoms with E-state index in [1.54, 1.807) is 0 Å². The molecule has 0 saturated carbocycles. The molecule has 0 aliphatic heterocycles. The van der Waals surface area contributed by atoms with E-state index in [9.17, 15) is 0 Å². The first-order valence-corrected chi connectivity index (χ1v) is 19.8. The van der Waals surface area contributed by atoms with Crippen molar-refractivity contribution in [3.05, 3.63) is 211 Å². The van der Waals surface area contributed by atoms with Crippen molar-refractivity contribution in [2.24, 2.45) is 9.98 Å². The van der Waals surface area contributed by atoms with Gasteiger partial charge in [0.15, 0.2) is 11.7 Å². The molecule has 0 atom stereocenters. The van der Waals surface area contributed by atoms with E-state index in [0.29, 0.717) is 11.4 Å². The summed E-state index contributed by atoms with van der Waals surface area (Å²) in [6, 6.07) is 70.8. The summed E-state index contributed by atoms with van der Waals surface area (Å²) < 4.78 is 2.41. The van der Waals surface area contributed by atoms with Crippen molar-refractivity contribution in [2.75, 3.05) is 0 Å². The smallest absolute Gasteiger partial charge is 0.161 e. The number of aliphatic imine (C=N–C) groups is 2. The predicted molar refractivity (Wildman–Crippen MR) is 251 cm³/mol. The Labute approximate surface area is 341 Å². The molecular weight excluding hydrogens is 717 g/mol. The molecule has 0 aliphatic rings. The second-order valence-corrected chi connectivity index (χ2v) is 15.0. The van der Waals surface area contributed by atoms with E-state index in [1.165, 1.54) is 54.3 Å². The van der Waals surface area contributed by atoms with Crippen LogP contribution in [0.3, 0.4) is 0 Å². The van der Waals surface area contributed by atoms with Gasteiger partial charge < -0.3 is 4.57 Å². The summed E-state index contributed by atoms with van der Waals surface area (Å²) in [4.78, 5) is 9.07. The monoisotopic (exact) mass is 752 g/mol. The third kappa shape index (κ3) is 5.73. The first-order valence-electron chi connectivity index (χ1n) is 19.8. The highest BCUT2D eigenvalue weighted by Crippen LogP contribution is 2.42. The summed E-state index contributed by atoms with van der Waals surface area (Å²) in [6.45, 7) is 3.89. The number of nitrogens with zero attached hydrogens (tertiary/aromatic N) is 3. The van der Waals surface area contributed by atoms with Crippen molar-refractivity contribution < 1.29 is 0 Å². The Morgan fingerprint density at radius 3 is 1.85 bits per heavy atom. The van der Waals surface area contributed by atoms with Gasteiger partial charge >= 0.3 is 0 Å². The molecule has 10 aromatic carbocycles. The zero-order valence-corrected chi connectivity index (χ0v) is 32.1. The Hall–Kier alpha value is -7.95. The Morgan fingerprint density at radius 2 is 1.03 bits per heavy atom. The minimum absolute atomic E-state index is 0.134. The number of para-hydroxylation sites is 1. The highest BCUT2D eigenvalue weighted by molar-refractivity contribution is 6.29. The van der Waals surface area contributed by atoms with Gasteiger partial charge in [-0.15, -0.1) is 0 Å². The van der Waals surface area contributed by atoms with Gasteiger partial charge in [0.25, 0.3) is 0 Å². The predicted octanol–water partition coefficient (Wildman–Crippen LogP) is 14.2. The van der Waals surface area contributed by atoms with Crippen LogP contribution < -0.4 is 0 Å². The van der Waals surface area contributed by atoms with Crippen molar-refractivity contribution in [1.82, 2.24) is 4.57 Å². The fourth-order valence-electron chi connectivity index (χ4n) is 8.93. The van der Waals surface area contributed by atoms with E-state index in [1.807, 2.05) is 42.5 Å². The van der Waals surface area contributed by atoms with E-state index >= 15 is 0 Å². The second kappa shape index (κ2) is 13.9. The third-order valence-corrected chi connectivity index (χ3v) is 11.7. The van der Waals surface area contributed by atoms with Crippen LogP contribution in [0.4, 0.5) is 0 Å². The van der Waals surface area contributed by atoms with Crippen LogP contribution >= 0.6 is 0 Å². The minimum Gasteiger partial charge on any atom is -0.309 e. The molecule has 0 radical (unpaired) electrons. The van der Waals surface area contributed by atoms with Gasteiger partial charge in [-0.3, -0.25) is 5.41 Å². The van der Waals surface area contributed by atoms with Crippen molar-refractivity contribution in [3.63, 3.8) is 0 Å². The zero-order valence-electron chi connectivity index (χ0n) is 32.1. The molecule has 11 aromatic rings. The van der Waals surface area contributed by atoms with Gasteiger partial charge in [-0.2, -0.15) is 0 Å². The number of hydrogen-bond acceptors (Lipinski definition) is 1. The summed E-state index contributed by atoms with van der Waals surface area (Å²) in [5.74, 6) is 0.544. The average Bonchev–Trinajstić information content (AvgIpc) is 3.64. The number of hydrogen-bond donors (Lipinski definition) is 1. The Kier molecular flexibility index (Phi) is 8.09. The maximum absolute atomic E-state index is 8.93. The molecule has 59 heavy (non-hydrogen) atoms.